The molecule has 23 heavy (non-hydrogen) atoms. The van der Waals surface area contributed by atoms with E-state index in [1.165, 1.54) is 0 Å². The zero-order valence-corrected chi connectivity index (χ0v) is 13.4. The highest BCUT2D eigenvalue weighted by molar-refractivity contribution is 6.05. The van der Waals surface area contributed by atoms with Crippen molar-refractivity contribution in [1.29, 1.82) is 0 Å². The molecule has 4 atom stereocenters. The Bertz CT molecular complexity index is 726. The number of amides is 1. The molecule has 2 fully saturated rings. The van der Waals surface area contributed by atoms with Crippen molar-refractivity contribution in [2.75, 3.05) is 7.05 Å². The fraction of sp³-hybridized carbons (Fsp3) is 0.474. The van der Waals surface area contributed by atoms with Crippen LogP contribution >= 0.6 is 0 Å². The molecule has 0 saturated heterocycles. The maximum Gasteiger partial charge on any atom is 0.254 e. The molecule has 1 N–H and O–H groups in total. The quantitative estimate of drug-likeness (QED) is 0.928. The fourth-order valence-corrected chi connectivity index (χ4v) is 4.51. The van der Waals surface area contributed by atoms with Crippen LogP contribution in [0.4, 0.5) is 0 Å². The molecule has 1 aromatic carbocycles. The maximum absolute atomic E-state index is 13.0. The second-order valence-electron chi connectivity index (χ2n) is 7.06. The molecular formula is C19H22N2O2. The molecule has 2 saturated carbocycles. The highest BCUT2D eigenvalue weighted by Crippen LogP contribution is 2.45. The summed E-state index contributed by atoms with van der Waals surface area (Å²) in [5, 5.41) is 10.7. The number of carbonyl (C=O) groups excluding carboxylic acids is 1. The Kier molecular flexibility index (Phi) is 3.57. The molecule has 2 aliphatic carbocycles. The van der Waals surface area contributed by atoms with Gasteiger partial charge < -0.3 is 10.0 Å². The van der Waals surface area contributed by atoms with Crippen LogP contribution in [0.25, 0.3) is 10.9 Å². The summed E-state index contributed by atoms with van der Waals surface area (Å²) in [6.07, 6.45) is 5.43. The van der Waals surface area contributed by atoms with Crippen LogP contribution in [0.15, 0.2) is 36.5 Å². The van der Waals surface area contributed by atoms with E-state index in [0.29, 0.717) is 11.8 Å². The van der Waals surface area contributed by atoms with Crippen molar-refractivity contribution in [1.82, 2.24) is 9.88 Å². The SMILES string of the molecule is CN(C(=O)c1ccnc2ccccc12)C1C[C@H]2CC(O)C[C@H]2C1. The third-order valence-electron chi connectivity index (χ3n) is 5.71. The van der Waals surface area contributed by atoms with Crippen LogP contribution in [-0.2, 0) is 0 Å². The van der Waals surface area contributed by atoms with Crippen molar-refractivity contribution >= 4 is 16.8 Å². The van der Waals surface area contributed by atoms with Crippen LogP contribution in [0.5, 0.6) is 0 Å². The van der Waals surface area contributed by atoms with Gasteiger partial charge in [-0.05, 0) is 49.7 Å². The summed E-state index contributed by atoms with van der Waals surface area (Å²) >= 11 is 0. The summed E-state index contributed by atoms with van der Waals surface area (Å²) in [4.78, 5) is 19.2. The van der Waals surface area contributed by atoms with Gasteiger partial charge in [0.05, 0.1) is 17.2 Å². The Hall–Kier alpha value is -1.94. The minimum absolute atomic E-state index is 0.0779. The summed E-state index contributed by atoms with van der Waals surface area (Å²) in [5.41, 5.74) is 1.59. The number of hydrogen-bond donors (Lipinski definition) is 1. The number of aromatic nitrogens is 1. The van der Waals surface area contributed by atoms with Gasteiger partial charge in [-0.1, -0.05) is 18.2 Å². The number of hydrogen-bond acceptors (Lipinski definition) is 3. The van der Waals surface area contributed by atoms with Crippen molar-refractivity contribution in [2.24, 2.45) is 11.8 Å². The van der Waals surface area contributed by atoms with Gasteiger partial charge in [-0.25, -0.2) is 0 Å². The Balaban J connectivity index is 1.57. The van der Waals surface area contributed by atoms with Crippen LogP contribution in [0, 0.1) is 11.8 Å². The van der Waals surface area contributed by atoms with Gasteiger partial charge in [0, 0.05) is 24.7 Å². The Morgan fingerprint density at radius 1 is 1.13 bits per heavy atom. The minimum atomic E-state index is -0.129. The van der Waals surface area contributed by atoms with E-state index in [2.05, 4.69) is 4.98 Å². The lowest BCUT2D eigenvalue weighted by molar-refractivity contribution is 0.0724. The number of para-hydroxylation sites is 1. The van der Waals surface area contributed by atoms with Crippen molar-refractivity contribution < 1.29 is 9.90 Å². The molecule has 4 rings (SSSR count). The van der Waals surface area contributed by atoms with Gasteiger partial charge in [0.2, 0.25) is 0 Å². The number of pyridine rings is 1. The van der Waals surface area contributed by atoms with Gasteiger partial charge in [0.1, 0.15) is 0 Å². The zero-order valence-electron chi connectivity index (χ0n) is 13.4. The number of rotatable bonds is 2. The predicted octanol–water partition coefficient (Wildman–Crippen LogP) is 2.86. The van der Waals surface area contributed by atoms with Crippen LogP contribution in [0.3, 0.4) is 0 Å². The molecule has 4 nitrogen and oxygen atoms in total. The molecule has 0 bridgehead atoms. The van der Waals surface area contributed by atoms with Gasteiger partial charge in [-0.2, -0.15) is 0 Å². The third kappa shape index (κ3) is 2.51. The Morgan fingerprint density at radius 3 is 2.57 bits per heavy atom. The number of nitrogens with zero attached hydrogens (tertiary/aromatic N) is 2. The molecule has 2 aliphatic rings. The molecule has 0 spiro atoms. The van der Waals surface area contributed by atoms with Gasteiger partial charge >= 0.3 is 0 Å². The molecule has 1 heterocycles. The van der Waals surface area contributed by atoms with E-state index >= 15 is 0 Å². The van der Waals surface area contributed by atoms with Crippen LogP contribution in [0.1, 0.15) is 36.0 Å². The summed E-state index contributed by atoms with van der Waals surface area (Å²) in [5.74, 6) is 1.24. The van der Waals surface area contributed by atoms with Crippen molar-refractivity contribution in [3.63, 3.8) is 0 Å². The first kappa shape index (κ1) is 14.6. The van der Waals surface area contributed by atoms with E-state index in [9.17, 15) is 9.90 Å². The lowest BCUT2D eigenvalue weighted by Crippen LogP contribution is -2.36. The molecule has 2 aromatic rings. The van der Waals surface area contributed by atoms with E-state index in [1.807, 2.05) is 42.3 Å². The Morgan fingerprint density at radius 2 is 1.83 bits per heavy atom. The monoisotopic (exact) mass is 310 g/mol. The normalized spacial score (nSPS) is 29.7. The first-order valence-electron chi connectivity index (χ1n) is 8.42. The second-order valence-corrected chi connectivity index (χ2v) is 7.06. The van der Waals surface area contributed by atoms with E-state index in [0.717, 1.165) is 42.1 Å². The zero-order chi connectivity index (χ0) is 16.0. The molecular weight excluding hydrogens is 288 g/mol. The molecule has 0 aliphatic heterocycles. The molecule has 1 aromatic heterocycles. The van der Waals surface area contributed by atoms with Gasteiger partial charge in [0.25, 0.3) is 5.91 Å². The van der Waals surface area contributed by atoms with Gasteiger partial charge in [0.15, 0.2) is 0 Å². The topological polar surface area (TPSA) is 53.4 Å². The number of benzene rings is 1. The van der Waals surface area contributed by atoms with Crippen LogP contribution < -0.4 is 0 Å². The second kappa shape index (κ2) is 5.60. The Labute approximate surface area is 136 Å². The largest absolute Gasteiger partial charge is 0.393 e. The number of carbonyl (C=O) groups is 1. The lowest BCUT2D eigenvalue weighted by atomic mass is 10.0. The number of fused-ring (bicyclic) bond motifs is 2. The summed E-state index contributed by atoms with van der Waals surface area (Å²) in [6.45, 7) is 0. The maximum atomic E-state index is 13.0. The summed E-state index contributed by atoms with van der Waals surface area (Å²) in [6, 6.07) is 9.90. The number of aliphatic hydroxyl groups excluding tert-OH is 1. The highest BCUT2D eigenvalue weighted by Gasteiger charge is 2.43. The standard InChI is InChI=1S/C19H22N2O2/c1-21(14-8-12-10-15(22)11-13(12)9-14)19(23)17-6-7-20-18-5-3-2-4-16(17)18/h2-7,12-15,22H,8-11H2,1H3/t12-,13+,14?,15?. The average Bonchev–Trinajstić information content (AvgIpc) is 3.10. The molecule has 120 valence electrons. The van der Waals surface area contributed by atoms with E-state index in [4.69, 9.17) is 0 Å². The van der Waals surface area contributed by atoms with Gasteiger partial charge in [-0.15, -0.1) is 0 Å². The minimum Gasteiger partial charge on any atom is -0.393 e. The average molecular weight is 310 g/mol. The summed E-state index contributed by atoms with van der Waals surface area (Å²) < 4.78 is 0. The van der Waals surface area contributed by atoms with Crippen molar-refractivity contribution in [3.8, 4) is 0 Å². The van der Waals surface area contributed by atoms with E-state index in [1.54, 1.807) is 6.20 Å². The first-order valence-corrected chi connectivity index (χ1v) is 8.42. The third-order valence-corrected chi connectivity index (χ3v) is 5.71. The fourth-order valence-electron chi connectivity index (χ4n) is 4.51. The van der Waals surface area contributed by atoms with Crippen molar-refractivity contribution in [3.05, 3.63) is 42.1 Å². The van der Waals surface area contributed by atoms with Gasteiger partial charge in [-0.3, -0.25) is 9.78 Å². The number of aliphatic hydroxyl groups is 1. The van der Waals surface area contributed by atoms with E-state index in [-0.39, 0.29) is 18.1 Å². The first-order chi connectivity index (χ1) is 11.1. The molecule has 0 radical (unpaired) electrons. The van der Waals surface area contributed by atoms with Crippen LogP contribution in [-0.4, -0.2) is 40.1 Å². The summed E-state index contributed by atoms with van der Waals surface area (Å²) in [7, 11) is 1.92. The van der Waals surface area contributed by atoms with Crippen molar-refractivity contribution in [2.45, 2.75) is 37.8 Å². The molecule has 2 unspecified atom stereocenters. The predicted molar refractivity (Wildman–Crippen MR) is 89.1 cm³/mol. The van der Waals surface area contributed by atoms with Crippen LogP contribution in [0.2, 0.25) is 0 Å². The smallest absolute Gasteiger partial charge is 0.254 e. The molecule has 4 heteroatoms. The highest BCUT2D eigenvalue weighted by atomic mass is 16.3. The van der Waals surface area contributed by atoms with E-state index < -0.39 is 0 Å². The lowest BCUT2D eigenvalue weighted by Gasteiger charge is -2.26. The molecule has 1 amide bonds.